The van der Waals surface area contributed by atoms with Crippen LogP contribution in [0.25, 0.3) is 0 Å². The summed E-state index contributed by atoms with van der Waals surface area (Å²) in [5.74, 6) is 4.63. The third-order valence-electron chi connectivity index (χ3n) is 14.0. The molecule has 0 bridgehead atoms. The smallest absolute Gasteiger partial charge is 0.311 e. The lowest BCUT2D eigenvalue weighted by Gasteiger charge is -2.46. The molecule has 358 valence electrons. The van der Waals surface area contributed by atoms with E-state index in [1.807, 2.05) is 19.1 Å². The van der Waals surface area contributed by atoms with E-state index >= 15 is 0 Å². The molecule has 4 aromatic rings. The maximum atomic E-state index is 13.2. The number of hydrogen-bond acceptors (Lipinski definition) is 11. The Bertz CT molecular complexity index is 2300. The predicted molar refractivity (Wildman–Crippen MR) is 254 cm³/mol. The second-order valence-corrected chi connectivity index (χ2v) is 18.1. The van der Waals surface area contributed by atoms with Crippen LogP contribution in [0.4, 0.5) is 0 Å². The fourth-order valence-electron chi connectivity index (χ4n) is 9.89. The van der Waals surface area contributed by atoms with Crippen molar-refractivity contribution in [2.45, 2.75) is 76.8 Å². The van der Waals surface area contributed by atoms with Crippen molar-refractivity contribution in [3.8, 4) is 40.2 Å². The van der Waals surface area contributed by atoms with Crippen molar-refractivity contribution in [2.75, 3.05) is 103 Å². The van der Waals surface area contributed by atoms with Crippen LogP contribution in [0.15, 0.2) is 60.7 Å². The minimum Gasteiger partial charge on any atom is -0.496 e. The first kappa shape index (κ1) is 49.8. The zero-order valence-corrected chi connectivity index (χ0v) is 40.9. The van der Waals surface area contributed by atoms with Crippen LogP contribution in [0.1, 0.15) is 83.1 Å². The van der Waals surface area contributed by atoms with Gasteiger partial charge in [0.05, 0.1) is 116 Å². The summed E-state index contributed by atoms with van der Waals surface area (Å²) < 4.78 is 52.4. The number of esters is 2. The molecular formula is C53H72N2O11+2. The normalized spacial score (nSPS) is 19.7. The van der Waals surface area contributed by atoms with Crippen molar-refractivity contribution >= 4 is 11.9 Å². The van der Waals surface area contributed by atoms with Crippen LogP contribution in [0.2, 0.25) is 0 Å². The van der Waals surface area contributed by atoms with Crippen molar-refractivity contribution in [3.63, 3.8) is 0 Å². The molecule has 0 spiro atoms. The molecule has 2 aliphatic rings. The van der Waals surface area contributed by atoms with Crippen LogP contribution in [0.3, 0.4) is 0 Å². The van der Waals surface area contributed by atoms with Crippen molar-refractivity contribution < 1.29 is 61.2 Å². The van der Waals surface area contributed by atoms with E-state index in [0.29, 0.717) is 89.7 Å². The molecule has 0 aromatic heterocycles. The van der Waals surface area contributed by atoms with Crippen LogP contribution in [0, 0.1) is 6.92 Å². The zero-order valence-electron chi connectivity index (χ0n) is 40.9. The van der Waals surface area contributed by atoms with E-state index < -0.39 is 0 Å². The number of benzene rings is 4. The fourth-order valence-corrected chi connectivity index (χ4v) is 9.89. The first-order valence-electron chi connectivity index (χ1n) is 23.2. The van der Waals surface area contributed by atoms with Gasteiger partial charge in [-0.3, -0.25) is 9.59 Å². The maximum Gasteiger partial charge on any atom is 0.311 e. The van der Waals surface area contributed by atoms with E-state index in [1.165, 1.54) is 27.8 Å². The Morgan fingerprint density at radius 1 is 0.500 bits per heavy atom. The van der Waals surface area contributed by atoms with E-state index in [2.05, 4.69) is 62.6 Å². The standard InChI is InChI=1S/C53H72N2O11/c1-36-14-15-37(30-46(36)59-5)28-43-41-34-50(63-9)48(61-7)32-39(41)18-22-54(43,2)24-20-52(56)65-26-12-11-13-27-66-53(57)21-25-55(3)23-19-40-33-49(62-8)51(64-10)35-42(40)44(55)29-38-16-17-45(58-4)47(31-38)60-6/h14-17,30-35,43-44H,11-13,18-29H2,1-10H3/q+2/t43-,44-,54-,55-/m1/s1. The number of rotatable bonds is 23. The molecule has 0 unspecified atom stereocenters. The second kappa shape index (κ2) is 22.7. The molecule has 2 aliphatic heterocycles. The highest BCUT2D eigenvalue weighted by atomic mass is 16.5. The van der Waals surface area contributed by atoms with Gasteiger partial charge in [0.2, 0.25) is 0 Å². The van der Waals surface area contributed by atoms with Gasteiger partial charge in [0.25, 0.3) is 0 Å². The lowest BCUT2D eigenvalue weighted by Crippen LogP contribution is -2.53. The Kier molecular flexibility index (Phi) is 17.1. The van der Waals surface area contributed by atoms with E-state index in [-0.39, 0.29) is 24.0 Å². The summed E-state index contributed by atoms with van der Waals surface area (Å²) in [5, 5.41) is 0. The molecular weight excluding hydrogens is 841 g/mol. The number of likely N-dealkylation sites (N-methyl/N-ethyl adjacent to an activating group) is 2. The highest BCUT2D eigenvalue weighted by molar-refractivity contribution is 5.69. The van der Waals surface area contributed by atoms with Crippen LogP contribution >= 0.6 is 0 Å². The van der Waals surface area contributed by atoms with Gasteiger partial charge in [-0.05, 0) is 96.5 Å². The summed E-state index contributed by atoms with van der Waals surface area (Å²) in [7, 11) is 16.1. The lowest BCUT2D eigenvalue weighted by molar-refractivity contribution is -0.940. The van der Waals surface area contributed by atoms with E-state index in [0.717, 1.165) is 67.8 Å². The number of carbonyl (C=O) groups is 2. The molecule has 0 fully saturated rings. The molecule has 4 atom stereocenters. The molecule has 0 saturated heterocycles. The Labute approximate surface area is 391 Å². The topological polar surface area (TPSA) is 117 Å². The van der Waals surface area contributed by atoms with Crippen LogP contribution < -0.4 is 33.2 Å². The number of methoxy groups -OCH3 is 7. The largest absolute Gasteiger partial charge is 0.496 e. The monoisotopic (exact) mass is 913 g/mol. The molecule has 0 amide bonds. The highest BCUT2D eigenvalue weighted by Gasteiger charge is 2.42. The number of fused-ring (bicyclic) bond motifs is 2. The first-order chi connectivity index (χ1) is 31.8. The fraction of sp³-hybridized carbons (Fsp3) is 0.509. The Morgan fingerprint density at radius 2 is 0.894 bits per heavy atom. The minimum absolute atomic E-state index is 0.0433. The van der Waals surface area contributed by atoms with E-state index in [4.69, 9.17) is 42.6 Å². The third-order valence-corrected chi connectivity index (χ3v) is 14.0. The Hall–Kier alpha value is -5.66. The van der Waals surface area contributed by atoms with Crippen molar-refractivity contribution in [2.24, 2.45) is 0 Å². The summed E-state index contributed by atoms with van der Waals surface area (Å²) in [6, 6.07) is 20.9. The molecule has 4 aromatic carbocycles. The number of quaternary nitrogens is 2. The molecule has 6 rings (SSSR count). The summed E-state index contributed by atoms with van der Waals surface area (Å²) in [5.41, 5.74) is 8.22. The molecule has 0 radical (unpaired) electrons. The van der Waals surface area contributed by atoms with Crippen molar-refractivity contribution in [3.05, 3.63) is 99.6 Å². The number of carbonyl (C=O) groups excluding carboxylic acids is 2. The number of ether oxygens (including phenoxy) is 9. The molecule has 13 nitrogen and oxygen atoms in total. The van der Waals surface area contributed by atoms with Gasteiger partial charge in [-0.15, -0.1) is 0 Å². The summed E-state index contributed by atoms with van der Waals surface area (Å²) in [4.78, 5) is 26.4. The van der Waals surface area contributed by atoms with E-state index in [9.17, 15) is 9.59 Å². The van der Waals surface area contributed by atoms with Crippen LogP contribution in [-0.2, 0) is 44.7 Å². The van der Waals surface area contributed by atoms with Gasteiger partial charge in [0.1, 0.15) is 17.8 Å². The van der Waals surface area contributed by atoms with Gasteiger partial charge in [-0.25, -0.2) is 0 Å². The van der Waals surface area contributed by atoms with Gasteiger partial charge in [-0.2, -0.15) is 0 Å². The van der Waals surface area contributed by atoms with Crippen molar-refractivity contribution in [1.82, 2.24) is 0 Å². The first-order valence-corrected chi connectivity index (χ1v) is 23.2. The summed E-state index contributed by atoms with van der Waals surface area (Å²) in [6.45, 7) is 5.69. The molecule has 0 aliphatic carbocycles. The maximum absolute atomic E-state index is 13.2. The lowest BCUT2D eigenvalue weighted by atomic mass is 9.86. The van der Waals surface area contributed by atoms with Gasteiger partial charge >= 0.3 is 11.9 Å². The third kappa shape index (κ3) is 11.6. The van der Waals surface area contributed by atoms with Gasteiger partial charge < -0.3 is 51.6 Å². The second-order valence-electron chi connectivity index (χ2n) is 18.1. The number of aryl methyl sites for hydroxylation is 1. The van der Waals surface area contributed by atoms with Crippen LogP contribution in [0.5, 0.6) is 40.2 Å². The number of unbranched alkanes of at least 4 members (excludes halogenated alkanes) is 2. The average molecular weight is 913 g/mol. The predicted octanol–water partition coefficient (Wildman–Crippen LogP) is 8.37. The summed E-state index contributed by atoms with van der Waals surface area (Å²) in [6.07, 6.45) is 5.98. The highest BCUT2D eigenvalue weighted by Crippen LogP contribution is 2.45. The average Bonchev–Trinajstić information content (AvgIpc) is 3.33. The van der Waals surface area contributed by atoms with E-state index in [1.54, 1.807) is 49.8 Å². The molecule has 66 heavy (non-hydrogen) atoms. The molecule has 0 N–H and O–H groups in total. The van der Waals surface area contributed by atoms with Gasteiger partial charge in [-0.1, -0.05) is 18.2 Å². The molecule has 0 saturated carbocycles. The molecule has 2 heterocycles. The van der Waals surface area contributed by atoms with Gasteiger partial charge in [0, 0.05) is 36.8 Å². The number of hydrogen-bond donors (Lipinski definition) is 0. The van der Waals surface area contributed by atoms with Gasteiger partial charge in [0.15, 0.2) is 34.5 Å². The SMILES string of the molecule is COc1cc(C[C@@H]2c3cc(OC)c(OC)cc3CC[N@+]2(C)CCC(=O)OCCCCCOC(=O)CC[N@@+]2(C)CCc3cc(OC)c(OC)cc3[C@H]2Cc2ccc(OC)c(OC)c2)ccc1C. The summed E-state index contributed by atoms with van der Waals surface area (Å²) >= 11 is 0. The van der Waals surface area contributed by atoms with Crippen molar-refractivity contribution in [1.29, 1.82) is 0 Å². The minimum atomic E-state index is -0.210. The Morgan fingerprint density at radius 3 is 1.33 bits per heavy atom. The zero-order chi connectivity index (χ0) is 47.4. The van der Waals surface area contributed by atoms with Crippen LogP contribution in [-0.4, -0.2) is 124 Å². The Balaban J connectivity index is 0.983. The number of nitrogens with zero attached hydrogens (tertiary/aromatic N) is 2. The molecule has 13 heteroatoms. The quantitative estimate of drug-likeness (QED) is 0.0406.